The molecule has 1 saturated carbocycles. The van der Waals surface area contributed by atoms with Crippen molar-refractivity contribution in [3.63, 3.8) is 0 Å². The average molecular weight is 329 g/mol. The van der Waals surface area contributed by atoms with E-state index in [-0.39, 0.29) is 0 Å². The lowest BCUT2D eigenvalue weighted by molar-refractivity contribution is 0.103. The fourth-order valence-electron chi connectivity index (χ4n) is 4.76. The second-order valence-electron chi connectivity index (χ2n) is 8.32. The molecule has 3 heterocycles. The molecule has 1 aliphatic carbocycles. The molecule has 4 heteroatoms. The summed E-state index contributed by atoms with van der Waals surface area (Å²) in [6.45, 7) is 7.06. The third kappa shape index (κ3) is 3.81. The van der Waals surface area contributed by atoms with Crippen LogP contribution >= 0.6 is 0 Å². The Bertz CT molecular complexity index is 523. The van der Waals surface area contributed by atoms with Gasteiger partial charge in [0.2, 0.25) is 0 Å². The molecular formula is C20H31N3O. The number of hydrogen-bond donors (Lipinski definition) is 0. The molecule has 132 valence electrons. The third-order valence-electron chi connectivity index (χ3n) is 6.32. The van der Waals surface area contributed by atoms with Crippen LogP contribution in [-0.4, -0.2) is 60.7 Å². The van der Waals surface area contributed by atoms with Gasteiger partial charge in [-0.1, -0.05) is 6.07 Å². The fourth-order valence-corrected chi connectivity index (χ4v) is 4.76. The minimum Gasteiger partial charge on any atom is -0.383 e. The zero-order valence-corrected chi connectivity index (χ0v) is 15.0. The molecule has 0 aromatic carbocycles. The molecule has 1 unspecified atom stereocenters. The molecule has 0 bridgehead atoms. The quantitative estimate of drug-likeness (QED) is 0.802. The van der Waals surface area contributed by atoms with Gasteiger partial charge < -0.3 is 9.64 Å². The van der Waals surface area contributed by atoms with Gasteiger partial charge in [0.1, 0.15) is 0 Å². The summed E-state index contributed by atoms with van der Waals surface area (Å²) in [4.78, 5) is 9.65. The Morgan fingerprint density at radius 1 is 1.29 bits per heavy atom. The fraction of sp³-hybridized carbons (Fsp3) is 0.750. The van der Waals surface area contributed by atoms with Crippen molar-refractivity contribution in [1.82, 2.24) is 14.8 Å². The molecular weight excluding hydrogens is 298 g/mol. The van der Waals surface area contributed by atoms with Gasteiger partial charge in [0.05, 0.1) is 6.61 Å². The van der Waals surface area contributed by atoms with Gasteiger partial charge in [-0.25, -0.2) is 0 Å². The van der Waals surface area contributed by atoms with Crippen LogP contribution in [0.1, 0.15) is 37.7 Å². The molecule has 4 nitrogen and oxygen atoms in total. The lowest BCUT2D eigenvalue weighted by Crippen LogP contribution is -2.42. The first-order chi connectivity index (χ1) is 11.8. The van der Waals surface area contributed by atoms with Gasteiger partial charge in [-0.3, -0.25) is 9.88 Å². The average Bonchev–Trinajstić information content (AvgIpc) is 3.36. The smallest absolute Gasteiger partial charge is 0.0618 e. The first kappa shape index (κ1) is 16.5. The first-order valence-electron chi connectivity index (χ1n) is 9.61. The van der Waals surface area contributed by atoms with Gasteiger partial charge in [-0.15, -0.1) is 0 Å². The van der Waals surface area contributed by atoms with Crippen LogP contribution in [0.3, 0.4) is 0 Å². The molecule has 0 radical (unpaired) electrons. The molecule has 2 aliphatic heterocycles. The SMILES string of the molecule is COCC1CC2(CCN(CC3CC3)CC2)CN1Cc1cccnc1. The third-order valence-corrected chi connectivity index (χ3v) is 6.32. The lowest BCUT2D eigenvalue weighted by Gasteiger charge is -2.39. The normalized spacial score (nSPS) is 27.8. The van der Waals surface area contributed by atoms with Gasteiger partial charge in [-0.2, -0.15) is 0 Å². The zero-order chi connectivity index (χ0) is 16.4. The van der Waals surface area contributed by atoms with E-state index in [4.69, 9.17) is 4.74 Å². The number of rotatable bonds is 6. The van der Waals surface area contributed by atoms with Crippen molar-refractivity contribution in [2.75, 3.05) is 39.9 Å². The van der Waals surface area contributed by atoms with Crippen molar-refractivity contribution in [2.45, 2.75) is 44.7 Å². The highest BCUT2D eigenvalue weighted by Crippen LogP contribution is 2.44. The predicted octanol–water partition coefficient (Wildman–Crippen LogP) is 2.79. The summed E-state index contributed by atoms with van der Waals surface area (Å²) in [5, 5.41) is 0. The molecule has 4 rings (SSSR count). The maximum Gasteiger partial charge on any atom is 0.0618 e. The molecule has 1 aromatic rings. The van der Waals surface area contributed by atoms with E-state index in [1.54, 1.807) is 0 Å². The molecule has 3 aliphatic rings. The van der Waals surface area contributed by atoms with Crippen LogP contribution in [0.5, 0.6) is 0 Å². The maximum atomic E-state index is 5.54. The van der Waals surface area contributed by atoms with Crippen LogP contribution in [0.4, 0.5) is 0 Å². The summed E-state index contributed by atoms with van der Waals surface area (Å²) in [7, 11) is 1.84. The number of piperidine rings is 1. The van der Waals surface area contributed by atoms with Gasteiger partial charge in [0.25, 0.3) is 0 Å². The topological polar surface area (TPSA) is 28.6 Å². The monoisotopic (exact) mass is 329 g/mol. The summed E-state index contributed by atoms with van der Waals surface area (Å²) in [5.74, 6) is 1.02. The predicted molar refractivity (Wildman–Crippen MR) is 95.8 cm³/mol. The number of likely N-dealkylation sites (tertiary alicyclic amines) is 2. The number of aromatic nitrogens is 1. The van der Waals surface area contributed by atoms with E-state index in [9.17, 15) is 0 Å². The maximum absolute atomic E-state index is 5.54. The molecule has 24 heavy (non-hydrogen) atoms. The van der Waals surface area contributed by atoms with E-state index < -0.39 is 0 Å². The number of pyridine rings is 1. The van der Waals surface area contributed by atoms with Crippen molar-refractivity contribution in [1.29, 1.82) is 0 Å². The lowest BCUT2D eigenvalue weighted by atomic mass is 9.76. The molecule has 3 fully saturated rings. The molecule has 1 spiro atoms. The van der Waals surface area contributed by atoms with E-state index in [1.165, 1.54) is 63.8 Å². The second kappa shape index (κ2) is 7.11. The van der Waals surface area contributed by atoms with E-state index in [1.807, 2.05) is 25.6 Å². The van der Waals surface area contributed by atoms with Crippen LogP contribution in [0.25, 0.3) is 0 Å². The Labute approximate surface area is 146 Å². The Morgan fingerprint density at radius 3 is 2.79 bits per heavy atom. The van der Waals surface area contributed by atoms with Gasteiger partial charge in [0, 0.05) is 45.2 Å². The Hall–Kier alpha value is -0.970. The molecule has 0 amide bonds. The summed E-state index contributed by atoms with van der Waals surface area (Å²) in [6.07, 6.45) is 10.8. The number of hydrogen-bond acceptors (Lipinski definition) is 4. The van der Waals surface area contributed by atoms with E-state index in [2.05, 4.69) is 20.9 Å². The van der Waals surface area contributed by atoms with E-state index in [0.717, 1.165) is 19.1 Å². The molecule has 1 atom stereocenters. The Morgan fingerprint density at radius 2 is 2.12 bits per heavy atom. The van der Waals surface area contributed by atoms with Crippen LogP contribution in [0.2, 0.25) is 0 Å². The molecule has 1 aromatic heterocycles. The van der Waals surface area contributed by atoms with Crippen molar-refractivity contribution in [3.05, 3.63) is 30.1 Å². The first-order valence-corrected chi connectivity index (χ1v) is 9.61. The van der Waals surface area contributed by atoms with Crippen LogP contribution in [0, 0.1) is 11.3 Å². The van der Waals surface area contributed by atoms with Crippen LogP contribution < -0.4 is 0 Å². The Balaban J connectivity index is 1.38. The van der Waals surface area contributed by atoms with Crippen molar-refractivity contribution in [3.8, 4) is 0 Å². The second-order valence-corrected chi connectivity index (χ2v) is 8.32. The van der Waals surface area contributed by atoms with Crippen LogP contribution in [-0.2, 0) is 11.3 Å². The summed E-state index contributed by atoms with van der Waals surface area (Å²) < 4.78 is 5.54. The summed E-state index contributed by atoms with van der Waals surface area (Å²) >= 11 is 0. The van der Waals surface area contributed by atoms with E-state index in [0.29, 0.717) is 11.5 Å². The summed E-state index contributed by atoms with van der Waals surface area (Å²) in [5.41, 5.74) is 1.84. The van der Waals surface area contributed by atoms with Gasteiger partial charge in [0.15, 0.2) is 0 Å². The largest absolute Gasteiger partial charge is 0.383 e. The standard InChI is InChI=1S/C20H31N3O/c1-24-15-19-11-20(6-9-22(10-7-20)13-17-4-5-17)16-23(19)14-18-3-2-8-21-12-18/h2-3,8,12,17,19H,4-7,9-11,13-16H2,1H3. The Kier molecular flexibility index (Phi) is 4.88. The minimum atomic E-state index is 0.519. The van der Waals surface area contributed by atoms with Crippen molar-refractivity contribution in [2.24, 2.45) is 11.3 Å². The van der Waals surface area contributed by atoms with Gasteiger partial charge >= 0.3 is 0 Å². The highest BCUT2D eigenvalue weighted by atomic mass is 16.5. The van der Waals surface area contributed by atoms with Crippen molar-refractivity contribution < 1.29 is 4.74 Å². The van der Waals surface area contributed by atoms with Gasteiger partial charge in [-0.05, 0) is 68.2 Å². The minimum absolute atomic E-state index is 0.519. The highest BCUT2D eigenvalue weighted by molar-refractivity contribution is 5.10. The molecule has 2 saturated heterocycles. The number of ether oxygens (including phenoxy) is 1. The number of nitrogens with zero attached hydrogens (tertiary/aromatic N) is 3. The molecule has 0 N–H and O–H groups in total. The van der Waals surface area contributed by atoms with E-state index >= 15 is 0 Å². The summed E-state index contributed by atoms with van der Waals surface area (Å²) in [6, 6.07) is 4.80. The highest BCUT2D eigenvalue weighted by Gasteiger charge is 2.45. The zero-order valence-electron chi connectivity index (χ0n) is 15.0. The van der Waals surface area contributed by atoms with Crippen LogP contribution in [0.15, 0.2) is 24.5 Å². The van der Waals surface area contributed by atoms with Crippen molar-refractivity contribution >= 4 is 0 Å². The number of methoxy groups -OCH3 is 1.